The van der Waals surface area contributed by atoms with Crippen molar-refractivity contribution in [3.8, 4) is 0 Å². The molecule has 2 heterocycles. The lowest BCUT2D eigenvalue weighted by Gasteiger charge is -2.16. The van der Waals surface area contributed by atoms with E-state index >= 15 is 0 Å². The summed E-state index contributed by atoms with van der Waals surface area (Å²) in [7, 11) is 0. The average Bonchev–Trinajstić information content (AvgIpc) is 3.16. The van der Waals surface area contributed by atoms with Crippen LogP contribution in [0.5, 0.6) is 0 Å². The number of carbonyl (C=O) groups excluding carboxylic acids is 2. The molecule has 1 aliphatic rings. The maximum atomic E-state index is 12.1. The van der Waals surface area contributed by atoms with E-state index in [0.29, 0.717) is 11.4 Å². The van der Waals surface area contributed by atoms with E-state index in [-0.39, 0.29) is 17.6 Å². The summed E-state index contributed by atoms with van der Waals surface area (Å²) in [6.45, 7) is 3.50. The van der Waals surface area contributed by atoms with Crippen molar-refractivity contribution in [1.82, 2.24) is 9.97 Å². The van der Waals surface area contributed by atoms with Crippen molar-refractivity contribution in [2.45, 2.75) is 24.8 Å². The van der Waals surface area contributed by atoms with Crippen molar-refractivity contribution in [2.24, 2.45) is 0 Å². The first-order valence-corrected chi connectivity index (χ1v) is 9.46. The molecular weight excluding hydrogens is 350 g/mol. The Labute approximate surface area is 156 Å². The Kier molecular flexibility index (Phi) is 6.06. The highest BCUT2D eigenvalue weighted by Gasteiger charge is 2.14. The molecule has 1 saturated heterocycles. The number of amides is 2. The highest BCUT2D eigenvalue weighted by Crippen LogP contribution is 2.23. The first kappa shape index (κ1) is 18.2. The van der Waals surface area contributed by atoms with Crippen LogP contribution >= 0.6 is 11.8 Å². The zero-order chi connectivity index (χ0) is 18.4. The molecular formula is C18H21N5O2S. The van der Waals surface area contributed by atoms with E-state index in [0.717, 1.165) is 23.9 Å². The molecule has 0 spiro atoms. The van der Waals surface area contributed by atoms with Crippen LogP contribution in [0.1, 0.15) is 19.8 Å². The van der Waals surface area contributed by atoms with Gasteiger partial charge in [-0.25, -0.2) is 9.97 Å². The van der Waals surface area contributed by atoms with Gasteiger partial charge in [0.05, 0.1) is 5.75 Å². The smallest absolute Gasteiger partial charge is 0.234 e. The second kappa shape index (κ2) is 8.66. The number of hydrogen-bond acceptors (Lipinski definition) is 6. The molecule has 2 aromatic rings. The van der Waals surface area contributed by atoms with Crippen LogP contribution in [-0.4, -0.2) is 40.6 Å². The fourth-order valence-corrected chi connectivity index (χ4v) is 3.37. The van der Waals surface area contributed by atoms with Crippen molar-refractivity contribution >= 4 is 40.8 Å². The van der Waals surface area contributed by atoms with Crippen LogP contribution in [-0.2, 0) is 9.59 Å². The number of nitrogens with zero attached hydrogens (tertiary/aromatic N) is 3. The summed E-state index contributed by atoms with van der Waals surface area (Å²) in [4.78, 5) is 33.9. The van der Waals surface area contributed by atoms with Gasteiger partial charge in [-0.1, -0.05) is 11.8 Å². The first-order chi connectivity index (χ1) is 12.6. The number of thioether (sulfide) groups is 1. The van der Waals surface area contributed by atoms with Crippen molar-refractivity contribution in [2.75, 3.05) is 34.4 Å². The Hall–Kier alpha value is -2.61. The highest BCUT2D eigenvalue weighted by molar-refractivity contribution is 7.99. The minimum atomic E-state index is -0.128. The molecule has 1 aromatic carbocycles. The molecule has 26 heavy (non-hydrogen) atoms. The van der Waals surface area contributed by atoms with Gasteiger partial charge in [-0.2, -0.15) is 0 Å². The Bertz CT molecular complexity index is 775. The molecule has 8 heteroatoms. The fraction of sp³-hybridized carbons (Fsp3) is 0.333. The second-order valence-corrected chi connectivity index (χ2v) is 7.00. The lowest BCUT2D eigenvalue weighted by molar-refractivity contribution is -0.114. The molecule has 0 aliphatic carbocycles. The van der Waals surface area contributed by atoms with Crippen molar-refractivity contribution in [3.05, 3.63) is 36.7 Å². The van der Waals surface area contributed by atoms with Crippen LogP contribution in [0.15, 0.2) is 41.7 Å². The maximum Gasteiger partial charge on any atom is 0.234 e. The van der Waals surface area contributed by atoms with Gasteiger partial charge in [0.1, 0.15) is 17.2 Å². The SMILES string of the molecule is CC(=O)Nc1ccc(NC(=O)CSc2cc(N3CCCC3)ncn2)cc1. The van der Waals surface area contributed by atoms with E-state index in [2.05, 4.69) is 25.5 Å². The highest BCUT2D eigenvalue weighted by atomic mass is 32.2. The number of rotatable bonds is 6. The fourth-order valence-electron chi connectivity index (χ4n) is 2.70. The number of carbonyl (C=O) groups is 2. The summed E-state index contributed by atoms with van der Waals surface area (Å²) in [5.41, 5.74) is 1.38. The lowest BCUT2D eigenvalue weighted by atomic mass is 10.3. The Morgan fingerprint density at radius 3 is 2.38 bits per heavy atom. The van der Waals surface area contributed by atoms with Crippen molar-refractivity contribution in [1.29, 1.82) is 0 Å². The van der Waals surface area contributed by atoms with Gasteiger partial charge in [-0.05, 0) is 37.1 Å². The predicted molar refractivity (Wildman–Crippen MR) is 104 cm³/mol. The van der Waals surface area contributed by atoms with Crippen LogP contribution < -0.4 is 15.5 Å². The lowest BCUT2D eigenvalue weighted by Crippen LogP contribution is -2.19. The third kappa shape index (κ3) is 5.19. The zero-order valence-corrected chi connectivity index (χ0v) is 15.4. The second-order valence-electron chi connectivity index (χ2n) is 6.00. The summed E-state index contributed by atoms with van der Waals surface area (Å²) in [5, 5.41) is 6.31. The summed E-state index contributed by atoms with van der Waals surface area (Å²) >= 11 is 1.39. The van der Waals surface area contributed by atoms with Gasteiger partial charge in [-0.15, -0.1) is 0 Å². The molecule has 2 amide bonds. The summed E-state index contributed by atoms with van der Waals surface area (Å²) in [6.07, 6.45) is 3.93. The van der Waals surface area contributed by atoms with E-state index in [1.807, 2.05) is 6.07 Å². The normalized spacial score (nSPS) is 13.5. The van der Waals surface area contributed by atoms with Crippen LogP contribution in [0.2, 0.25) is 0 Å². The molecule has 2 N–H and O–H groups in total. The Balaban J connectivity index is 1.51. The van der Waals surface area contributed by atoms with E-state index in [4.69, 9.17) is 0 Å². The number of benzene rings is 1. The van der Waals surface area contributed by atoms with E-state index in [1.54, 1.807) is 30.6 Å². The van der Waals surface area contributed by atoms with E-state index in [1.165, 1.54) is 31.5 Å². The van der Waals surface area contributed by atoms with E-state index < -0.39 is 0 Å². The topological polar surface area (TPSA) is 87.2 Å². The number of hydrogen-bond donors (Lipinski definition) is 2. The van der Waals surface area contributed by atoms with Gasteiger partial charge < -0.3 is 15.5 Å². The minimum Gasteiger partial charge on any atom is -0.356 e. The molecule has 1 aliphatic heterocycles. The molecule has 1 aromatic heterocycles. The third-order valence-electron chi connectivity index (χ3n) is 3.90. The molecule has 0 saturated carbocycles. The Morgan fingerprint density at radius 1 is 1.08 bits per heavy atom. The predicted octanol–water partition coefficient (Wildman–Crippen LogP) is 2.77. The molecule has 0 radical (unpaired) electrons. The number of aromatic nitrogens is 2. The van der Waals surface area contributed by atoms with E-state index in [9.17, 15) is 9.59 Å². The molecule has 0 unspecified atom stereocenters. The summed E-state index contributed by atoms with van der Waals surface area (Å²) in [5.74, 6) is 0.957. The van der Waals surface area contributed by atoms with Gasteiger partial charge in [0.2, 0.25) is 11.8 Å². The largest absolute Gasteiger partial charge is 0.356 e. The minimum absolute atomic E-state index is 0.108. The van der Waals surface area contributed by atoms with Crippen molar-refractivity contribution < 1.29 is 9.59 Å². The van der Waals surface area contributed by atoms with Crippen LogP contribution in [0, 0.1) is 0 Å². The van der Waals surface area contributed by atoms with Crippen LogP contribution in [0.4, 0.5) is 17.2 Å². The standard InChI is InChI=1S/C18H21N5O2S/c1-13(24)21-14-4-6-15(7-5-14)22-17(25)11-26-18-10-16(19-12-20-18)23-8-2-3-9-23/h4-7,10,12H,2-3,8-9,11H2,1H3,(H,21,24)(H,22,25). The summed E-state index contributed by atoms with van der Waals surface area (Å²) in [6, 6.07) is 8.94. The van der Waals surface area contributed by atoms with Gasteiger partial charge in [0.15, 0.2) is 0 Å². The van der Waals surface area contributed by atoms with Crippen LogP contribution in [0.25, 0.3) is 0 Å². The Morgan fingerprint density at radius 2 is 1.73 bits per heavy atom. The molecule has 0 bridgehead atoms. The summed E-state index contributed by atoms with van der Waals surface area (Å²) < 4.78 is 0. The quantitative estimate of drug-likeness (QED) is 0.600. The molecule has 136 valence electrons. The van der Waals surface area contributed by atoms with Gasteiger partial charge in [0, 0.05) is 37.5 Å². The maximum absolute atomic E-state index is 12.1. The van der Waals surface area contributed by atoms with Crippen LogP contribution in [0.3, 0.4) is 0 Å². The number of anilines is 3. The van der Waals surface area contributed by atoms with Gasteiger partial charge >= 0.3 is 0 Å². The molecule has 0 atom stereocenters. The number of nitrogens with one attached hydrogen (secondary N) is 2. The average molecular weight is 371 g/mol. The molecule has 3 rings (SSSR count). The zero-order valence-electron chi connectivity index (χ0n) is 14.6. The third-order valence-corrected chi connectivity index (χ3v) is 4.82. The monoisotopic (exact) mass is 371 g/mol. The molecule has 7 nitrogen and oxygen atoms in total. The van der Waals surface area contributed by atoms with Gasteiger partial charge in [-0.3, -0.25) is 9.59 Å². The molecule has 1 fully saturated rings. The van der Waals surface area contributed by atoms with Crippen molar-refractivity contribution in [3.63, 3.8) is 0 Å². The first-order valence-electron chi connectivity index (χ1n) is 8.47. The van der Waals surface area contributed by atoms with Gasteiger partial charge in [0.25, 0.3) is 0 Å².